The molecule has 2 saturated carbocycles. The normalized spacial score (nSPS) is 21.8. The number of likely N-dealkylation sites (N-methyl/N-ethyl adjacent to an activating group) is 2. The van der Waals surface area contributed by atoms with Crippen molar-refractivity contribution in [3.8, 4) is 17.0 Å². The van der Waals surface area contributed by atoms with E-state index in [4.69, 9.17) is 4.74 Å². The Kier molecular flexibility index (Phi) is 8.27. The van der Waals surface area contributed by atoms with Crippen LogP contribution in [0.4, 0.5) is 0 Å². The van der Waals surface area contributed by atoms with Gasteiger partial charge >= 0.3 is 0 Å². The molecule has 3 aromatic rings. The summed E-state index contributed by atoms with van der Waals surface area (Å²) in [6.07, 6.45) is 7.46. The molecule has 0 saturated heterocycles. The Hall–Kier alpha value is -3.37. The molecule has 2 aliphatic carbocycles. The van der Waals surface area contributed by atoms with E-state index in [2.05, 4.69) is 47.2 Å². The van der Waals surface area contributed by atoms with Crippen LogP contribution >= 0.6 is 0 Å². The maximum absolute atomic E-state index is 14.6. The van der Waals surface area contributed by atoms with Crippen LogP contribution in [0.3, 0.4) is 0 Å². The average molecular weight is 635 g/mol. The lowest BCUT2D eigenvalue weighted by molar-refractivity contribution is -0.138. The number of rotatable bonds is 9. The quantitative estimate of drug-likeness (QED) is 0.341. The van der Waals surface area contributed by atoms with Crippen molar-refractivity contribution in [2.45, 2.75) is 76.8 Å². The maximum atomic E-state index is 14.6. The van der Waals surface area contributed by atoms with Gasteiger partial charge in [0.15, 0.2) is 0 Å². The number of aromatic nitrogens is 1. The fourth-order valence-electron chi connectivity index (χ4n) is 7.90. The molecule has 0 radical (unpaired) electrons. The van der Waals surface area contributed by atoms with E-state index in [1.165, 1.54) is 24.8 Å². The molecule has 3 aliphatic rings. The molecule has 242 valence electrons. The monoisotopic (exact) mass is 634 g/mol. The van der Waals surface area contributed by atoms with Crippen LogP contribution in [0.1, 0.15) is 85.7 Å². The van der Waals surface area contributed by atoms with Crippen LogP contribution in [-0.2, 0) is 21.4 Å². The Morgan fingerprint density at radius 3 is 2.51 bits per heavy atom. The zero-order chi connectivity index (χ0) is 32.3. The van der Waals surface area contributed by atoms with Crippen LogP contribution in [0.15, 0.2) is 36.4 Å². The van der Waals surface area contributed by atoms with E-state index in [0.29, 0.717) is 12.5 Å². The standard InChI is InChI=1S/C35H46N4O5S/c1-7-37(3)20-22(2)38(4)34(41)35-19-29(35)28-18-25(44-5)14-16-26(28)32-31(23-11-9-8-10-12-23)27-15-13-24(17-30(27)39(32)21-35)33(40)36-45(6,42)43/h13-18,22-23,29H,7-12,19-21H2,1-6H3,(H,36,40)/t22-,29?,35?/m0/s1. The molecule has 6 rings (SSSR count). The van der Waals surface area contributed by atoms with Gasteiger partial charge in [0.05, 0.1) is 24.5 Å². The van der Waals surface area contributed by atoms with Crippen LogP contribution in [0, 0.1) is 5.41 Å². The van der Waals surface area contributed by atoms with Crippen LogP contribution in [-0.4, -0.2) is 81.2 Å². The molecule has 0 spiro atoms. The number of ether oxygens (including phenoxy) is 1. The molecule has 2 amide bonds. The molecule has 45 heavy (non-hydrogen) atoms. The van der Waals surface area contributed by atoms with E-state index in [1.54, 1.807) is 13.2 Å². The summed E-state index contributed by atoms with van der Waals surface area (Å²) in [6, 6.07) is 11.8. The maximum Gasteiger partial charge on any atom is 0.264 e. The minimum absolute atomic E-state index is 0.0380. The summed E-state index contributed by atoms with van der Waals surface area (Å²) < 4.78 is 34.0. The number of amides is 2. The lowest BCUT2D eigenvalue weighted by Gasteiger charge is -2.32. The molecule has 1 N–H and O–H groups in total. The summed E-state index contributed by atoms with van der Waals surface area (Å²) in [6.45, 7) is 6.41. The molecule has 2 fully saturated rings. The number of carbonyl (C=O) groups is 2. The largest absolute Gasteiger partial charge is 0.497 e. The third-order valence-electron chi connectivity index (χ3n) is 10.6. The van der Waals surface area contributed by atoms with E-state index in [-0.39, 0.29) is 23.4 Å². The minimum Gasteiger partial charge on any atom is -0.497 e. The zero-order valence-electron chi connectivity index (χ0n) is 27.4. The topological polar surface area (TPSA) is 101 Å². The van der Waals surface area contributed by atoms with Crippen molar-refractivity contribution < 1.29 is 22.7 Å². The predicted molar refractivity (Wildman–Crippen MR) is 177 cm³/mol. The SMILES string of the molecule is CCN(C)C[C@H](C)N(C)C(=O)C12CC1c1cc(OC)ccc1-c1c(C3CCCCC3)c3ccc(C(=O)NS(C)(=O)=O)cc3n1C2. The summed E-state index contributed by atoms with van der Waals surface area (Å²) in [5.41, 5.74) is 5.17. The Bertz CT molecular complexity index is 1760. The molecule has 2 aromatic carbocycles. The summed E-state index contributed by atoms with van der Waals surface area (Å²) in [7, 11) is 1.95. The summed E-state index contributed by atoms with van der Waals surface area (Å²) in [4.78, 5) is 31.8. The number of nitrogens with one attached hydrogen (secondary N) is 1. The van der Waals surface area contributed by atoms with E-state index in [0.717, 1.165) is 72.1 Å². The van der Waals surface area contributed by atoms with Gasteiger partial charge in [0.1, 0.15) is 5.75 Å². The highest BCUT2D eigenvalue weighted by molar-refractivity contribution is 7.89. The van der Waals surface area contributed by atoms with Crippen molar-refractivity contribution >= 4 is 32.7 Å². The second kappa shape index (κ2) is 11.8. The van der Waals surface area contributed by atoms with Gasteiger partial charge in [0.25, 0.3) is 5.91 Å². The molecule has 3 atom stereocenters. The van der Waals surface area contributed by atoms with Gasteiger partial charge < -0.3 is 19.1 Å². The molecule has 0 bridgehead atoms. The van der Waals surface area contributed by atoms with Crippen molar-refractivity contribution in [3.05, 3.63) is 53.1 Å². The van der Waals surface area contributed by atoms with Crippen LogP contribution < -0.4 is 9.46 Å². The zero-order valence-corrected chi connectivity index (χ0v) is 28.2. The molecule has 1 aromatic heterocycles. The first-order valence-electron chi connectivity index (χ1n) is 16.2. The fraction of sp³-hybridized carbons (Fsp3) is 0.543. The number of carbonyl (C=O) groups excluding carboxylic acids is 2. The van der Waals surface area contributed by atoms with E-state index in [1.807, 2.05) is 30.1 Å². The Labute approximate surface area is 267 Å². The lowest BCUT2D eigenvalue weighted by Crippen LogP contribution is -2.46. The van der Waals surface area contributed by atoms with Gasteiger partial charge in [-0.1, -0.05) is 32.3 Å². The lowest BCUT2D eigenvalue weighted by atomic mass is 9.81. The van der Waals surface area contributed by atoms with Gasteiger partial charge in [-0.15, -0.1) is 0 Å². The summed E-state index contributed by atoms with van der Waals surface area (Å²) in [5.74, 6) is 0.655. The Balaban J connectivity index is 1.56. The van der Waals surface area contributed by atoms with Crippen LogP contribution in [0.25, 0.3) is 22.2 Å². The number of hydrogen-bond acceptors (Lipinski definition) is 6. The van der Waals surface area contributed by atoms with Crippen molar-refractivity contribution in [1.82, 2.24) is 19.1 Å². The van der Waals surface area contributed by atoms with Crippen molar-refractivity contribution in [1.29, 1.82) is 0 Å². The highest BCUT2D eigenvalue weighted by Gasteiger charge is 2.63. The third-order valence-corrected chi connectivity index (χ3v) is 11.1. The van der Waals surface area contributed by atoms with Gasteiger partial charge in [-0.05, 0) is 87.2 Å². The van der Waals surface area contributed by atoms with Crippen LogP contribution in [0.2, 0.25) is 0 Å². The highest BCUT2D eigenvalue weighted by atomic mass is 32.2. The first-order chi connectivity index (χ1) is 21.4. The van der Waals surface area contributed by atoms with Gasteiger partial charge in [-0.25, -0.2) is 13.1 Å². The van der Waals surface area contributed by atoms with Crippen molar-refractivity contribution in [2.24, 2.45) is 5.41 Å². The van der Waals surface area contributed by atoms with Crippen molar-refractivity contribution in [2.75, 3.05) is 40.6 Å². The Morgan fingerprint density at radius 1 is 1.11 bits per heavy atom. The van der Waals surface area contributed by atoms with E-state index in [9.17, 15) is 18.0 Å². The minimum atomic E-state index is -3.73. The number of sulfonamides is 1. The molecule has 2 unspecified atom stereocenters. The highest BCUT2D eigenvalue weighted by Crippen LogP contribution is 2.66. The number of hydrogen-bond donors (Lipinski definition) is 1. The van der Waals surface area contributed by atoms with E-state index < -0.39 is 21.3 Å². The van der Waals surface area contributed by atoms with Crippen LogP contribution in [0.5, 0.6) is 5.75 Å². The molecule has 2 heterocycles. The summed E-state index contributed by atoms with van der Waals surface area (Å²) >= 11 is 0. The smallest absolute Gasteiger partial charge is 0.264 e. The summed E-state index contributed by atoms with van der Waals surface area (Å²) in [5, 5.41) is 1.07. The number of fused-ring (bicyclic) bond motifs is 7. The molecule has 10 heteroatoms. The average Bonchev–Trinajstić information content (AvgIpc) is 3.69. The van der Waals surface area contributed by atoms with Crippen molar-refractivity contribution in [3.63, 3.8) is 0 Å². The molecular formula is C35H46N4O5S. The van der Waals surface area contributed by atoms with E-state index >= 15 is 0 Å². The Morgan fingerprint density at radius 2 is 1.84 bits per heavy atom. The fourth-order valence-corrected chi connectivity index (χ4v) is 8.36. The second-order valence-corrected chi connectivity index (χ2v) is 15.4. The van der Waals surface area contributed by atoms with Gasteiger partial charge in [0.2, 0.25) is 15.9 Å². The first kappa shape index (κ1) is 31.6. The predicted octanol–water partition coefficient (Wildman–Crippen LogP) is 5.34. The molecular weight excluding hydrogens is 588 g/mol. The number of nitrogens with zero attached hydrogens (tertiary/aromatic N) is 3. The number of methoxy groups -OCH3 is 1. The second-order valence-electron chi connectivity index (χ2n) is 13.6. The van der Waals surface area contributed by atoms with Gasteiger partial charge in [0, 0.05) is 54.1 Å². The van der Waals surface area contributed by atoms with Gasteiger partial charge in [-0.2, -0.15) is 0 Å². The molecule has 9 nitrogen and oxygen atoms in total. The first-order valence-corrected chi connectivity index (χ1v) is 18.1. The van der Waals surface area contributed by atoms with Gasteiger partial charge in [-0.3, -0.25) is 9.59 Å². The number of benzene rings is 2. The molecule has 1 aliphatic heterocycles. The third kappa shape index (κ3) is 5.65.